The molecular formula is C28H33N5OS. The fraction of sp³-hybridized carbons (Fsp3) is 0.357. The fourth-order valence-electron chi connectivity index (χ4n) is 5.43. The molecule has 1 amide bonds. The number of rotatable bonds is 8. The molecule has 1 aliphatic rings. The van der Waals surface area contributed by atoms with Gasteiger partial charge in [0.2, 0.25) is 6.41 Å². The predicted octanol–water partition coefficient (Wildman–Crippen LogP) is 4.92. The first kappa shape index (κ1) is 23.6. The molecule has 2 aromatic heterocycles. The molecule has 1 fully saturated rings. The van der Waals surface area contributed by atoms with Gasteiger partial charge in [0.15, 0.2) is 0 Å². The van der Waals surface area contributed by atoms with Gasteiger partial charge in [0, 0.05) is 60.8 Å². The van der Waals surface area contributed by atoms with E-state index in [9.17, 15) is 4.79 Å². The molecule has 0 spiro atoms. The number of aliphatic imine (C=N–C) groups is 1. The molecule has 182 valence electrons. The summed E-state index contributed by atoms with van der Waals surface area (Å²) in [5.74, 6) is 0.566. The van der Waals surface area contributed by atoms with Crippen LogP contribution in [0.15, 0.2) is 53.5 Å². The van der Waals surface area contributed by atoms with Crippen LogP contribution in [-0.2, 0) is 24.8 Å². The number of aryl methyl sites for hydroxylation is 2. The van der Waals surface area contributed by atoms with E-state index in [4.69, 9.17) is 5.73 Å². The number of nitrogens with zero attached hydrogens (tertiary/aromatic N) is 4. The molecule has 3 heterocycles. The number of likely N-dealkylation sites (tertiary alicyclic amines) is 1. The number of fused-ring (bicyclic) bond motifs is 2. The minimum atomic E-state index is 0.541. The number of carbonyl (C=O) groups is 1. The smallest absolute Gasteiger partial charge is 0.214 e. The van der Waals surface area contributed by atoms with E-state index in [1.807, 2.05) is 13.1 Å². The third-order valence-electron chi connectivity index (χ3n) is 7.43. The highest BCUT2D eigenvalue weighted by atomic mass is 32.1. The Bertz CT molecular complexity index is 1400. The van der Waals surface area contributed by atoms with Crippen LogP contribution < -0.4 is 10.6 Å². The summed E-state index contributed by atoms with van der Waals surface area (Å²) in [6.07, 6.45) is 5.51. The van der Waals surface area contributed by atoms with Gasteiger partial charge in [-0.3, -0.25) is 14.7 Å². The molecule has 6 nitrogen and oxygen atoms in total. The SMILES string of the molecule is CN=C(N)c1ccc2cc(CCC3CCCN3Cc3c(N(C)C=O)sc4ccccc34)n(C)c2c1. The first-order valence-electron chi connectivity index (χ1n) is 12.2. The van der Waals surface area contributed by atoms with Crippen molar-refractivity contribution >= 4 is 49.6 Å². The van der Waals surface area contributed by atoms with Crippen molar-refractivity contribution in [3.8, 4) is 0 Å². The van der Waals surface area contributed by atoms with Crippen molar-refractivity contribution in [2.75, 3.05) is 25.5 Å². The van der Waals surface area contributed by atoms with E-state index in [2.05, 4.69) is 64.0 Å². The zero-order valence-electron chi connectivity index (χ0n) is 20.7. The lowest BCUT2D eigenvalue weighted by Crippen LogP contribution is -2.30. The number of hydrogen-bond acceptors (Lipinski definition) is 4. The summed E-state index contributed by atoms with van der Waals surface area (Å²) < 4.78 is 3.54. The van der Waals surface area contributed by atoms with Gasteiger partial charge in [0.05, 0.1) is 0 Å². The van der Waals surface area contributed by atoms with Crippen molar-refractivity contribution in [3.05, 3.63) is 65.4 Å². The molecule has 5 rings (SSSR count). The minimum Gasteiger partial charge on any atom is -0.384 e. The number of amides is 1. The quantitative estimate of drug-likeness (QED) is 0.218. The minimum absolute atomic E-state index is 0.541. The molecule has 35 heavy (non-hydrogen) atoms. The van der Waals surface area contributed by atoms with Gasteiger partial charge >= 0.3 is 0 Å². The van der Waals surface area contributed by atoms with Crippen LogP contribution in [0, 0.1) is 0 Å². The number of anilines is 1. The zero-order valence-corrected chi connectivity index (χ0v) is 21.5. The Balaban J connectivity index is 1.35. The number of hydrogen-bond donors (Lipinski definition) is 1. The predicted molar refractivity (Wildman–Crippen MR) is 148 cm³/mol. The molecule has 0 radical (unpaired) electrons. The number of aromatic nitrogens is 1. The molecular weight excluding hydrogens is 454 g/mol. The Hall–Kier alpha value is -3.16. The molecule has 4 aromatic rings. The van der Waals surface area contributed by atoms with Gasteiger partial charge in [-0.05, 0) is 61.2 Å². The van der Waals surface area contributed by atoms with E-state index in [0.717, 1.165) is 42.9 Å². The highest BCUT2D eigenvalue weighted by Crippen LogP contribution is 2.39. The molecule has 2 N–H and O–H groups in total. The van der Waals surface area contributed by atoms with E-state index in [0.29, 0.717) is 11.9 Å². The average Bonchev–Trinajstić information content (AvgIpc) is 3.58. The Morgan fingerprint density at radius 2 is 2.09 bits per heavy atom. The van der Waals surface area contributed by atoms with Crippen molar-refractivity contribution < 1.29 is 4.79 Å². The third-order valence-corrected chi connectivity index (χ3v) is 8.73. The topological polar surface area (TPSA) is 66.9 Å². The second-order valence-electron chi connectivity index (χ2n) is 9.48. The monoisotopic (exact) mass is 487 g/mol. The van der Waals surface area contributed by atoms with Crippen LogP contribution >= 0.6 is 11.3 Å². The average molecular weight is 488 g/mol. The Morgan fingerprint density at radius 3 is 2.89 bits per heavy atom. The summed E-state index contributed by atoms with van der Waals surface area (Å²) in [6.45, 7) is 1.99. The second kappa shape index (κ2) is 9.84. The highest BCUT2D eigenvalue weighted by molar-refractivity contribution is 7.23. The third kappa shape index (κ3) is 4.46. The molecule has 0 bridgehead atoms. The molecule has 0 saturated carbocycles. The highest BCUT2D eigenvalue weighted by Gasteiger charge is 2.27. The Morgan fingerprint density at radius 1 is 1.26 bits per heavy atom. The summed E-state index contributed by atoms with van der Waals surface area (Å²) in [5, 5.41) is 3.57. The van der Waals surface area contributed by atoms with Gasteiger partial charge in [-0.1, -0.05) is 30.3 Å². The summed E-state index contributed by atoms with van der Waals surface area (Å²) in [4.78, 5) is 20.1. The normalized spacial score (nSPS) is 17.0. The van der Waals surface area contributed by atoms with E-state index in [1.165, 1.54) is 45.1 Å². The van der Waals surface area contributed by atoms with Crippen LogP contribution in [0.2, 0.25) is 0 Å². The van der Waals surface area contributed by atoms with E-state index in [1.54, 1.807) is 23.3 Å². The second-order valence-corrected chi connectivity index (χ2v) is 10.5. The van der Waals surface area contributed by atoms with Gasteiger partial charge in [-0.15, -0.1) is 11.3 Å². The molecule has 0 aliphatic carbocycles. The molecule has 1 aliphatic heterocycles. The Kier molecular flexibility index (Phi) is 6.62. The molecule has 1 saturated heterocycles. The van der Waals surface area contributed by atoms with Crippen molar-refractivity contribution in [2.24, 2.45) is 17.8 Å². The summed E-state index contributed by atoms with van der Waals surface area (Å²) in [5.41, 5.74) is 10.8. The number of nitrogens with two attached hydrogens (primary N) is 1. The van der Waals surface area contributed by atoms with Crippen molar-refractivity contribution in [1.29, 1.82) is 0 Å². The number of benzene rings is 2. The maximum absolute atomic E-state index is 11.6. The molecule has 2 aromatic carbocycles. The molecule has 1 atom stereocenters. The standard InChI is InChI=1S/C28H33N5OS/c1-30-27(29)20-11-10-19-15-22(32(3)25(19)16-20)13-12-21-7-6-14-33(21)17-24-23-8-4-5-9-26(23)35-28(24)31(2)18-34/h4-5,8-11,15-16,18,21H,6-7,12-14,17H2,1-3H3,(H2,29,30). The first-order valence-corrected chi connectivity index (χ1v) is 13.1. The van der Waals surface area contributed by atoms with Crippen LogP contribution in [0.1, 0.15) is 36.1 Å². The summed E-state index contributed by atoms with van der Waals surface area (Å²) >= 11 is 1.71. The van der Waals surface area contributed by atoms with Gasteiger partial charge in [0.1, 0.15) is 10.8 Å². The van der Waals surface area contributed by atoms with E-state index >= 15 is 0 Å². The lowest BCUT2D eigenvalue weighted by molar-refractivity contribution is -0.107. The van der Waals surface area contributed by atoms with Crippen LogP contribution in [0.4, 0.5) is 5.00 Å². The lowest BCUT2D eigenvalue weighted by Gasteiger charge is -2.25. The van der Waals surface area contributed by atoms with Gasteiger partial charge in [-0.2, -0.15) is 0 Å². The van der Waals surface area contributed by atoms with Crippen LogP contribution in [-0.4, -0.2) is 48.4 Å². The van der Waals surface area contributed by atoms with Gasteiger partial charge < -0.3 is 15.2 Å². The van der Waals surface area contributed by atoms with Crippen LogP contribution in [0.5, 0.6) is 0 Å². The summed E-state index contributed by atoms with van der Waals surface area (Å²) in [6, 6.07) is 17.7. The van der Waals surface area contributed by atoms with E-state index in [-0.39, 0.29) is 0 Å². The zero-order chi connectivity index (χ0) is 24.5. The number of thiophene rings is 1. The molecule has 7 heteroatoms. The Labute approximate surface area is 210 Å². The lowest BCUT2D eigenvalue weighted by atomic mass is 10.1. The maximum atomic E-state index is 11.6. The van der Waals surface area contributed by atoms with Gasteiger partial charge in [0.25, 0.3) is 0 Å². The van der Waals surface area contributed by atoms with Crippen LogP contribution in [0.25, 0.3) is 21.0 Å². The van der Waals surface area contributed by atoms with Gasteiger partial charge in [-0.25, -0.2) is 0 Å². The van der Waals surface area contributed by atoms with Crippen molar-refractivity contribution in [2.45, 2.75) is 38.3 Å². The number of amidine groups is 1. The fourth-order valence-corrected chi connectivity index (χ4v) is 6.58. The number of carbonyl (C=O) groups excluding carboxylic acids is 1. The van der Waals surface area contributed by atoms with Crippen molar-refractivity contribution in [1.82, 2.24) is 9.47 Å². The largest absolute Gasteiger partial charge is 0.384 e. The summed E-state index contributed by atoms with van der Waals surface area (Å²) in [7, 11) is 5.72. The first-order chi connectivity index (χ1) is 17.0. The van der Waals surface area contributed by atoms with Crippen molar-refractivity contribution in [3.63, 3.8) is 0 Å². The van der Waals surface area contributed by atoms with Crippen LogP contribution in [0.3, 0.4) is 0 Å². The maximum Gasteiger partial charge on any atom is 0.214 e. The molecule has 1 unspecified atom stereocenters. The van der Waals surface area contributed by atoms with E-state index < -0.39 is 0 Å².